The van der Waals surface area contributed by atoms with Crippen LogP contribution < -0.4 is 0 Å². The van der Waals surface area contributed by atoms with Crippen molar-refractivity contribution in [1.29, 1.82) is 0 Å². The highest BCUT2D eigenvalue weighted by Gasteiger charge is 2.48. The molecule has 39 heavy (non-hydrogen) atoms. The lowest BCUT2D eigenvalue weighted by atomic mass is 9.73. The van der Waals surface area contributed by atoms with Crippen molar-refractivity contribution in [3.63, 3.8) is 0 Å². The molecule has 2 amide bonds. The fraction of sp³-hybridized carbons (Fsp3) is 0.630. The Bertz CT molecular complexity index is 1090. The van der Waals surface area contributed by atoms with Crippen LogP contribution in [-0.2, 0) is 28.4 Å². The minimum absolute atomic E-state index is 0.0613. The number of piperidine rings is 1. The second kappa shape index (κ2) is 10.9. The number of nitrogens with zero attached hydrogens (tertiary/aromatic N) is 2. The Morgan fingerprint density at radius 3 is 2.23 bits per heavy atom. The van der Waals surface area contributed by atoms with Gasteiger partial charge in [-0.05, 0) is 80.7 Å². The molecule has 0 bridgehead atoms. The third-order valence-electron chi connectivity index (χ3n) is 8.06. The van der Waals surface area contributed by atoms with E-state index in [4.69, 9.17) is 9.47 Å². The molecule has 1 aromatic carbocycles. The van der Waals surface area contributed by atoms with Crippen LogP contribution in [0.15, 0.2) is 29.8 Å². The molecule has 1 saturated carbocycles. The van der Waals surface area contributed by atoms with Crippen molar-refractivity contribution < 1.29 is 45.4 Å². The zero-order valence-corrected chi connectivity index (χ0v) is 21.9. The molecule has 0 aromatic heterocycles. The summed E-state index contributed by atoms with van der Waals surface area (Å²) in [6.07, 6.45) is -5.54. The van der Waals surface area contributed by atoms with Crippen molar-refractivity contribution in [1.82, 2.24) is 9.80 Å². The molecule has 0 radical (unpaired) electrons. The maximum atomic E-state index is 13.5. The van der Waals surface area contributed by atoms with Crippen molar-refractivity contribution in [2.45, 2.75) is 83.0 Å². The second-order valence-corrected chi connectivity index (χ2v) is 10.5. The van der Waals surface area contributed by atoms with E-state index in [9.17, 15) is 35.9 Å². The number of halogens is 6. The minimum atomic E-state index is -5.01. The molecule has 12 heteroatoms. The topological polar surface area (TPSA) is 59.1 Å². The van der Waals surface area contributed by atoms with Crippen LogP contribution in [0, 0.1) is 11.8 Å². The Kier molecular flexibility index (Phi) is 8.14. The monoisotopic (exact) mass is 562 g/mol. The summed E-state index contributed by atoms with van der Waals surface area (Å²) in [5.74, 6) is 0.562. The molecule has 5 unspecified atom stereocenters. The molecule has 1 aliphatic heterocycles. The fourth-order valence-electron chi connectivity index (χ4n) is 6.38. The van der Waals surface area contributed by atoms with Crippen LogP contribution in [0.4, 0.5) is 35.9 Å². The molecule has 1 saturated heterocycles. The first-order chi connectivity index (χ1) is 18.2. The third-order valence-corrected chi connectivity index (χ3v) is 8.06. The number of rotatable bonds is 4. The smallest absolute Gasteiger partial charge is 0.416 e. The van der Waals surface area contributed by atoms with Gasteiger partial charge in [-0.25, -0.2) is 9.59 Å². The zero-order valence-electron chi connectivity index (χ0n) is 21.9. The Labute approximate surface area is 222 Å². The lowest BCUT2D eigenvalue weighted by Gasteiger charge is -2.50. The summed E-state index contributed by atoms with van der Waals surface area (Å²) in [5.41, 5.74) is -2.48. The van der Waals surface area contributed by atoms with Crippen LogP contribution in [0.1, 0.15) is 62.6 Å². The number of hydrogen-bond acceptors (Lipinski definition) is 4. The molecule has 0 spiro atoms. The molecular formula is C27H32F6N2O4. The predicted molar refractivity (Wildman–Crippen MR) is 128 cm³/mol. The van der Waals surface area contributed by atoms with Gasteiger partial charge < -0.3 is 9.47 Å². The van der Waals surface area contributed by atoms with E-state index in [1.807, 2.05) is 0 Å². The first-order valence-corrected chi connectivity index (χ1v) is 13.0. The van der Waals surface area contributed by atoms with Crippen molar-refractivity contribution in [2.24, 2.45) is 11.8 Å². The van der Waals surface area contributed by atoms with Crippen molar-refractivity contribution in [3.8, 4) is 0 Å². The first kappa shape index (κ1) is 29.1. The number of alkyl halides is 6. The lowest BCUT2D eigenvalue weighted by Crippen LogP contribution is -2.59. The summed E-state index contributed by atoms with van der Waals surface area (Å²) in [5, 5.41) is 0. The number of carbonyl (C=O) groups is 2. The molecular weight excluding hydrogens is 530 g/mol. The predicted octanol–water partition coefficient (Wildman–Crippen LogP) is 7.03. The average Bonchev–Trinajstić information content (AvgIpc) is 3.31. The molecule has 6 nitrogen and oxygen atoms in total. The van der Waals surface area contributed by atoms with Crippen LogP contribution in [0.25, 0.3) is 0 Å². The number of likely N-dealkylation sites (tertiary alicyclic amines) is 1. The van der Waals surface area contributed by atoms with Gasteiger partial charge in [-0.1, -0.05) is 12.5 Å². The normalized spacial score (nSPS) is 26.8. The second-order valence-electron chi connectivity index (χ2n) is 10.5. The van der Waals surface area contributed by atoms with Gasteiger partial charge in [-0.2, -0.15) is 26.3 Å². The Morgan fingerprint density at radius 2 is 1.67 bits per heavy atom. The first-order valence-electron chi connectivity index (χ1n) is 13.0. The van der Waals surface area contributed by atoms with E-state index in [1.54, 1.807) is 18.7 Å². The molecule has 3 aliphatic rings. The lowest BCUT2D eigenvalue weighted by molar-refractivity contribution is -0.143. The van der Waals surface area contributed by atoms with E-state index in [1.165, 1.54) is 4.90 Å². The highest BCUT2D eigenvalue weighted by Crippen LogP contribution is 2.47. The molecule has 216 valence electrons. The maximum Gasteiger partial charge on any atom is 0.416 e. The average molecular weight is 563 g/mol. The number of benzene rings is 1. The number of amides is 2. The minimum Gasteiger partial charge on any atom is -0.453 e. The van der Waals surface area contributed by atoms with E-state index in [2.05, 4.69) is 6.08 Å². The van der Waals surface area contributed by atoms with Crippen molar-refractivity contribution in [2.75, 3.05) is 13.7 Å². The number of hydrogen-bond donors (Lipinski definition) is 0. The number of fused-ring (bicyclic) bond motifs is 2. The van der Waals surface area contributed by atoms with Gasteiger partial charge in [0.1, 0.15) is 0 Å². The van der Waals surface area contributed by atoms with Crippen molar-refractivity contribution in [3.05, 3.63) is 46.5 Å². The molecule has 1 heterocycles. The standard InChI is InChI=1S/C27H32F6N2O4/c1-4-39-25(37)35-15(2)8-22(21-11-17-6-5-7-18(17)12-23(21)35)34(24(36)38-3)14-16-9-19(26(28,29)30)13-20(10-16)27(31,32)33/h9-11,13,15,17-18,22-23H,4-8,12,14H2,1-3H3. The number of carbonyl (C=O) groups excluding carboxylic acids is 2. The van der Waals surface area contributed by atoms with Gasteiger partial charge in [-0.15, -0.1) is 0 Å². The highest BCUT2D eigenvalue weighted by molar-refractivity contribution is 5.71. The number of allylic oxidation sites excluding steroid dienone is 1. The Morgan fingerprint density at radius 1 is 1.03 bits per heavy atom. The van der Waals surface area contributed by atoms with Crippen LogP contribution in [0.2, 0.25) is 0 Å². The summed E-state index contributed by atoms with van der Waals surface area (Å²) < 4.78 is 91.3. The summed E-state index contributed by atoms with van der Waals surface area (Å²) in [6, 6.07) is -0.186. The van der Waals surface area contributed by atoms with Gasteiger partial charge in [0.2, 0.25) is 0 Å². The van der Waals surface area contributed by atoms with E-state index >= 15 is 0 Å². The van der Waals surface area contributed by atoms with Gasteiger partial charge in [0.05, 0.1) is 36.9 Å². The van der Waals surface area contributed by atoms with E-state index in [-0.39, 0.29) is 30.6 Å². The molecule has 5 atom stereocenters. The Hall–Kier alpha value is -2.92. The number of methoxy groups -OCH3 is 1. The van der Waals surface area contributed by atoms with Gasteiger partial charge >= 0.3 is 24.5 Å². The van der Waals surface area contributed by atoms with Gasteiger partial charge in [-0.3, -0.25) is 9.80 Å². The van der Waals surface area contributed by atoms with Crippen LogP contribution in [-0.4, -0.2) is 53.8 Å². The Balaban J connectivity index is 1.76. The largest absolute Gasteiger partial charge is 0.453 e. The molecule has 4 rings (SSSR count). The molecule has 1 aromatic rings. The van der Waals surface area contributed by atoms with E-state index < -0.39 is 60.3 Å². The van der Waals surface area contributed by atoms with Crippen LogP contribution >= 0.6 is 0 Å². The molecule has 0 N–H and O–H groups in total. The third kappa shape index (κ3) is 5.99. The SMILES string of the molecule is CCOC(=O)N1C(C)CC(N(Cc2cc(C(F)(F)F)cc(C(F)(F)F)c2)C(=O)OC)C2=CC3CCCC3CC21. The molecule has 2 fully saturated rings. The van der Waals surface area contributed by atoms with Gasteiger partial charge in [0.25, 0.3) is 0 Å². The highest BCUT2D eigenvalue weighted by atomic mass is 19.4. The summed E-state index contributed by atoms with van der Waals surface area (Å²) in [6.45, 7) is 3.13. The van der Waals surface area contributed by atoms with Crippen LogP contribution in [0.3, 0.4) is 0 Å². The fourth-order valence-corrected chi connectivity index (χ4v) is 6.38. The number of ether oxygens (including phenoxy) is 2. The maximum absolute atomic E-state index is 13.5. The van der Waals surface area contributed by atoms with Gasteiger partial charge in [0, 0.05) is 12.6 Å². The summed E-state index contributed by atoms with van der Waals surface area (Å²) in [4.78, 5) is 28.8. The van der Waals surface area contributed by atoms with E-state index in [0.717, 1.165) is 31.9 Å². The van der Waals surface area contributed by atoms with Gasteiger partial charge in [0.15, 0.2) is 0 Å². The van der Waals surface area contributed by atoms with Crippen LogP contribution in [0.5, 0.6) is 0 Å². The summed E-state index contributed by atoms with van der Waals surface area (Å²) in [7, 11) is 1.11. The van der Waals surface area contributed by atoms with Crippen molar-refractivity contribution >= 4 is 12.2 Å². The molecule has 2 aliphatic carbocycles. The summed E-state index contributed by atoms with van der Waals surface area (Å²) >= 11 is 0. The quantitative estimate of drug-likeness (QED) is 0.292. The zero-order chi connectivity index (χ0) is 28.7. The van der Waals surface area contributed by atoms with E-state index in [0.29, 0.717) is 24.5 Å².